The lowest BCUT2D eigenvalue weighted by Crippen LogP contribution is -2.33. The molecule has 1 atom stereocenters. The molecule has 1 aromatic rings. The summed E-state index contributed by atoms with van der Waals surface area (Å²) in [7, 11) is 3.14. The van der Waals surface area contributed by atoms with E-state index in [1.807, 2.05) is 26.8 Å². The van der Waals surface area contributed by atoms with Crippen LogP contribution < -0.4 is 9.47 Å². The quantitative estimate of drug-likeness (QED) is 0.847. The molecule has 1 rings (SSSR count). The van der Waals surface area contributed by atoms with Crippen LogP contribution in [0, 0.1) is 0 Å². The highest BCUT2D eigenvalue weighted by Gasteiger charge is 2.34. The Morgan fingerprint density at radius 2 is 1.67 bits per heavy atom. The molecule has 0 aliphatic carbocycles. The summed E-state index contributed by atoms with van der Waals surface area (Å²) in [5, 5.41) is 10.5. The Morgan fingerprint density at radius 3 is 2.06 bits per heavy atom. The van der Waals surface area contributed by atoms with Crippen LogP contribution in [0.25, 0.3) is 0 Å². The SMILES string of the molecule is CCOC(C)(C)C(O)c1c(OC)cccc1OC. The molecule has 0 saturated carbocycles. The summed E-state index contributed by atoms with van der Waals surface area (Å²) < 4.78 is 16.2. The van der Waals surface area contributed by atoms with Crippen molar-refractivity contribution in [3.8, 4) is 11.5 Å². The second-order valence-corrected chi connectivity index (χ2v) is 4.52. The van der Waals surface area contributed by atoms with Crippen LogP contribution in [0.2, 0.25) is 0 Å². The standard InChI is InChI=1S/C14H22O4/c1-6-18-14(2,3)13(15)12-10(16-4)8-7-9-11(12)17-5/h7-9,13,15H,6H2,1-5H3. The van der Waals surface area contributed by atoms with Gasteiger partial charge in [-0.05, 0) is 32.9 Å². The summed E-state index contributed by atoms with van der Waals surface area (Å²) in [5.41, 5.74) is -0.0997. The molecule has 0 aliphatic heterocycles. The maximum atomic E-state index is 10.5. The maximum absolute atomic E-state index is 10.5. The molecule has 0 aliphatic rings. The fourth-order valence-corrected chi connectivity index (χ4v) is 1.95. The number of aliphatic hydroxyl groups is 1. The molecule has 0 radical (unpaired) electrons. The van der Waals surface area contributed by atoms with Crippen molar-refractivity contribution in [2.24, 2.45) is 0 Å². The van der Waals surface area contributed by atoms with Gasteiger partial charge in [0.05, 0.1) is 25.4 Å². The average Bonchev–Trinajstić information content (AvgIpc) is 2.36. The van der Waals surface area contributed by atoms with Gasteiger partial charge in [-0.3, -0.25) is 0 Å². The molecular weight excluding hydrogens is 232 g/mol. The molecule has 0 heterocycles. The molecule has 0 aromatic heterocycles. The van der Waals surface area contributed by atoms with Crippen LogP contribution in [0.4, 0.5) is 0 Å². The van der Waals surface area contributed by atoms with Crippen LogP contribution in [0.5, 0.6) is 11.5 Å². The molecule has 102 valence electrons. The lowest BCUT2D eigenvalue weighted by atomic mass is 9.93. The van der Waals surface area contributed by atoms with Crippen molar-refractivity contribution in [2.75, 3.05) is 20.8 Å². The van der Waals surface area contributed by atoms with Crippen molar-refractivity contribution in [1.82, 2.24) is 0 Å². The minimum atomic E-state index is -0.830. The molecule has 0 saturated heterocycles. The molecular formula is C14H22O4. The van der Waals surface area contributed by atoms with E-state index in [0.717, 1.165) is 0 Å². The summed E-state index contributed by atoms with van der Waals surface area (Å²) in [4.78, 5) is 0. The molecule has 18 heavy (non-hydrogen) atoms. The van der Waals surface area contributed by atoms with Gasteiger partial charge in [-0.25, -0.2) is 0 Å². The van der Waals surface area contributed by atoms with E-state index in [4.69, 9.17) is 14.2 Å². The van der Waals surface area contributed by atoms with Gasteiger partial charge in [-0.2, -0.15) is 0 Å². The highest BCUT2D eigenvalue weighted by molar-refractivity contribution is 5.47. The Balaban J connectivity index is 3.21. The fourth-order valence-electron chi connectivity index (χ4n) is 1.95. The van der Waals surface area contributed by atoms with Crippen LogP contribution >= 0.6 is 0 Å². The van der Waals surface area contributed by atoms with Gasteiger partial charge >= 0.3 is 0 Å². The number of ether oxygens (including phenoxy) is 3. The first-order valence-electron chi connectivity index (χ1n) is 6.00. The summed E-state index contributed by atoms with van der Waals surface area (Å²) in [6.07, 6.45) is -0.830. The second-order valence-electron chi connectivity index (χ2n) is 4.52. The van der Waals surface area contributed by atoms with Crippen molar-refractivity contribution in [3.05, 3.63) is 23.8 Å². The maximum Gasteiger partial charge on any atom is 0.128 e. The minimum Gasteiger partial charge on any atom is -0.496 e. The smallest absolute Gasteiger partial charge is 0.128 e. The van der Waals surface area contributed by atoms with Crippen LogP contribution in [0.3, 0.4) is 0 Å². The topological polar surface area (TPSA) is 47.9 Å². The van der Waals surface area contributed by atoms with Crippen LogP contribution in [0.15, 0.2) is 18.2 Å². The van der Waals surface area contributed by atoms with Crippen molar-refractivity contribution in [3.63, 3.8) is 0 Å². The van der Waals surface area contributed by atoms with E-state index in [2.05, 4.69) is 0 Å². The third-order valence-corrected chi connectivity index (χ3v) is 2.91. The highest BCUT2D eigenvalue weighted by atomic mass is 16.5. The minimum absolute atomic E-state index is 0.529. The normalized spacial score (nSPS) is 13.2. The predicted molar refractivity (Wildman–Crippen MR) is 70.2 cm³/mol. The first-order chi connectivity index (χ1) is 8.47. The summed E-state index contributed by atoms with van der Waals surface area (Å²) in [5.74, 6) is 1.18. The number of hydrogen-bond donors (Lipinski definition) is 1. The zero-order valence-electron chi connectivity index (χ0n) is 11.7. The third-order valence-electron chi connectivity index (χ3n) is 2.91. The number of benzene rings is 1. The van der Waals surface area contributed by atoms with E-state index < -0.39 is 11.7 Å². The molecule has 0 fully saturated rings. The largest absolute Gasteiger partial charge is 0.496 e. The summed E-state index contributed by atoms with van der Waals surface area (Å²) >= 11 is 0. The van der Waals surface area contributed by atoms with Crippen LogP contribution in [-0.4, -0.2) is 31.5 Å². The number of hydrogen-bond acceptors (Lipinski definition) is 4. The summed E-state index contributed by atoms with van der Waals surface area (Å²) in [6.45, 7) is 6.11. The first-order valence-corrected chi connectivity index (χ1v) is 6.00. The van der Waals surface area contributed by atoms with Crippen molar-refractivity contribution < 1.29 is 19.3 Å². The van der Waals surface area contributed by atoms with E-state index >= 15 is 0 Å². The zero-order chi connectivity index (χ0) is 13.8. The van der Waals surface area contributed by atoms with Crippen molar-refractivity contribution >= 4 is 0 Å². The number of aliphatic hydroxyl groups excluding tert-OH is 1. The average molecular weight is 254 g/mol. The van der Waals surface area contributed by atoms with Gasteiger partial charge < -0.3 is 19.3 Å². The van der Waals surface area contributed by atoms with Gasteiger partial charge in [0, 0.05) is 6.61 Å². The van der Waals surface area contributed by atoms with Gasteiger partial charge in [0.15, 0.2) is 0 Å². The zero-order valence-corrected chi connectivity index (χ0v) is 11.7. The van der Waals surface area contributed by atoms with Gasteiger partial charge in [0.1, 0.15) is 17.6 Å². The Morgan fingerprint density at radius 1 is 1.17 bits per heavy atom. The molecule has 0 bridgehead atoms. The second kappa shape index (κ2) is 6.07. The Bertz CT molecular complexity index is 365. The van der Waals surface area contributed by atoms with E-state index in [9.17, 15) is 5.11 Å². The van der Waals surface area contributed by atoms with E-state index in [-0.39, 0.29) is 0 Å². The monoisotopic (exact) mass is 254 g/mol. The van der Waals surface area contributed by atoms with E-state index in [0.29, 0.717) is 23.7 Å². The van der Waals surface area contributed by atoms with Crippen molar-refractivity contribution in [2.45, 2.75) is 32.5 Å². The lowest BCUT2D eigenvalue weighted by molar-refractivity contribution is -0.0995. The highest BCUT2D eigenvalue weighted by Crippen LogP contribution is 2.40. The van der Waals surface area contributed by atoms with Crippen LogP contribution in [-0.2, 0) is 4.74 Å². The first kappa shape index (κ1) is 14.8. The number of methoxy groups -OCH3 is 2. The fraction of sp³-hybridized carbons (Fsp3) is 0.571. The third kappa shape index (κ3) is 2.94. The molecule has 1 aromatic carbocycles. The Labute approximate surface area is 108 Å². The molecule has 4 heteroatoms. The molecule has 1 N–H and O–H groups in total. The predicted octanol–water partition coefficient (Wildman–Crippen LogP) is 2.55. The lowest BCUT2D eigenvalue weighted by Gasteiger charge is -2.32. The van der Waals surface area contributed by atoms with Crippen molar-refractivity contribution in [1.29, 1.82) is 0 Å². The number of rotatable bonds is 6. The Kier molecular flexibility index (Phi) is 4.99. The van der Waals surface area contributed by atoms with Gasteiger partial charge in [0.2, 0.25) is 0 Å². The van der Waals surface area contributed by atoms with Crippen LogP contribution in [0.1, 0.15) is 32.4 Å². The summed E-state index contributed by atoms with van der Waals surface area (Å²) in [6, 6.07) is 5.41. The van der Waals surface area contributed by atoms with Gasteiger partial charge in [-0.1, -0.05) is 6.07 Å². The molecule has 4 nitrogen and oxygen atoms in total. The molecule has 1 unspecified atom stereocenters. The molecule has 0 spiro atoms. The van der Waals surface area contributed by atoms with E-state index in [1.54, 1.807) is 26.4 Å². The molecule has 0 amide bonds. The Hall–Kier alpha value is -1.26. The van der Waals surface area contributed by atoms with Gasteiger partial charge in [-0.15, -0.1) is 0 Å². The van der Waals surface area contributed by atoms with E-state index in [1.165, 1.54) is 0 Å². The van der Waals surface area contributed by atoms with Gasteiger partial charge in [0.25, 0.3) is 0 Å².